The first-order chi connectivity index (χ1) is 14.9. The second-order valence-electron chi connectivity index (χ2n) is 7.89. The summed E-state index contributed by atoms with van der Waals surface area (Å²) >= 11 is 0. The number of nitrogen functional groups attached to an aromatic ring is 1. The van der Waals surface area contributed by atoms with E-state index in [4.69, 9.17) is 5.73 Å². The van der Waals surface area contributed by atoms with Crippen LogP contribution < -0.4 is 11.1 Å². The number of benzene rings is 1. The zero-order valence-corrected chi connectivity index (χ0v) is 17.0. The topological polar surface area (TPSA) is 112 Å². The number of hydrogen-bond donors (Lipinski definition) is 2. The average Bonchev–Trinajstić information content (AvgIpc) is 3.45. The molecule has 1 aromatic carbocycles. The Morgan fingerprint density at radius 1 is 1.29 bits per heavy atom. The molecule has 9 heteroatoms. The van der Waals surface area contributed by atoms with Crippen molar-refractivity contribution in [1.29, 1.82) is 0 Å². The van der Waals surface area contributed by atoms with E-state index in [2.05, 4.69) is 25.6 Å². The van der Waals surface area contributed by atoms with Crippen LogP contribution in [-0.2, 0) is 11.8 Å². The fourth-order valence-corrected chi connectivity index (χ4v) is 3.87. The Morgan fingerprint density at radius 2 is 2.13 bits per heavy atom. The summed E-state index contributed by atoms with van der Waals surface area (Å²) < 4.78 is 16.6. The minimum absolute atomic E-state index is 0.0195. The van der Waals surface area contributed by atoms with Crippen LogP contribution in [0.15, 0.2) is 43.0 Å². The number of nitrogens with zero attached hydrogens (tertiary/aromatic N) is 5. The van der Waals surface area contributed by atoms with Gasteiger partial charge in [0.2, 0.25) is 5.91 Å². The normalized spacial score (nSPS) is 17.6. The van der Waals surface area contributed by atoms with Gasteiger partial charge in [-0.2, -0.15) is 0 Å². The number of aryl methyl sites for hydroxylation is 2. The van der Waals surface area contributed by atoms with E-state index in [9.17, 15) is 9.18 Å². The molecule has 3 aromatic heterocycles. The summed E-state index contributed by atoms with van der Waals surface area (Å²) in [6, 6.07) is 5.23. The van der Waals surface area contributed by atoms with Crippen LogP contribution in [0, 0.1) is 18.7 Å². The monoisotopic (exact) mass is 417 g/mol. The molecule has 0 radical (unpaired) electrons. The number of anilines is 2. The first-order valence-electron chi connectivity index (χ1n) is 9.88. The quantitative estimate of drug-likeness (QED) is 0.493. The van der Waals surface area contributed by atoms with Crippen molar-refractivity contribution < 1.29 is 9.18 Å². The van der Waals surface area contributed by atoms with E-state index in [1.807, 2.05) is 19.2 Å². The maximum atomic E-state index is 15.0. The van der Waals surface area contributed by atoms with Gasteiger partial charge in [-0.3, -0.25) is 14.5 Å². The number of aromatic nitrogens is 5. The van der Waals surface area contributed by atoms with Crippen molar-refractivity contribution in [2.45, 2.75) is 19.3 Å². The minimum atomic E-state index is -0.507. The number of hydrogen-bond acceptors (Lipinski definition) is 6. The lowest BCUT2D eigenvalue weighted by Gasteiger charge is -2.12. The Bertz CT molecular complexity index is 1330. The van der Waals surface area contributed by atoms with Gasteiger partial charge in [-0.05, 0) is 42.5 Å². The molecule has 0 spiro atoms. The number of rotatable bonds is 4. The Labute approximate surface area is 177 Å². The van der Waals surface area contributed by atoms with E-state index in [1.54, 1.807) is 36.3 Å². The molecule has 4 aromatic rings. The van der Waals surface area contributed by atoms with Crippen molar-refractivity contribution in [1.82, 2.24) is 25.0 Å². The molecule has 2 atom stereocenters. The van der Waals surface area contributed by atoms with Crippen molar-refractivity contribution >= 4 is 28.2 Å². The standard InChI is InChI=1S/C22H20FN7O/c1-11-3-4-25-8-16(11)14-5-12-6-19(26-9-17(12)21(24)20(14)23)27-22(31)15-7-13(15)18-10-30(2)29-28-18/h3-6,8-10,13,15H,7,24H2,1-2H3,(H,26,27,31). The molecule has 3 heterocycles. The van der Waals surface area contributed by atoms with Crippen molar-refractivity contribution in [2.24, 2.45) is 13.0 Å². The van der Waals surface area contributed by atoms with E-state index < -0.39 is 5.82 Å². The number of halogens is 1. The Hall–Kier alpha value is -3.88. The maximum absolute atomic E-state index is 15.0. The molecule has 31 heavy (non-hydrogen) atoms. The van der Waals surface area contributed by atoms with Gasteiger partial charge in [-0.15, -0.1) is 5.10 Å². The van der Waals surface area contributed by atoms with Crippen LogP contribution >= 0.6 is 0 Å². The molecule has 0 saturated heterocycles. The summed E-state index contributed by atoms with van der Waals surface area (Å²) in [5.74, 6) is -0.338. The summed E-state index contributed by atoms with van der Waals surface area (Å²) in [4.78, 5) is 21.0. The Morgan fingerprint density at radius 3 is 2.87 bits per heavy atom. The average molecular weight is 417 g/mol. The molecule has 2 unspecified atom stereocenters. The number of amides is 1. The number of carbonyl (C=O) groups is 1. The highest BCUT2D eigenvalue weighted by Gasteiger charge is 2.45. The van der Waals surface area contributed by atoms with Gasteiger partial charge in [0.1, 0.15) is 5.82 Å². The minimum Gasteiger partial charge on any atom is -0.396 e. The van der Waals surface area contributed by atoms with E-state index in [0.29, 0.717) is 27.7 Å². The second-order valence-corrected chi connectivity index (χ2v) is 7.89. The molecular formula is C22H20FN7O. The van der Waals surface area contributed by atoms with Crippen LogP contribution in [-0.4, -0.2) is 30.9 Å². The third-order valence-corrected chi connectivity index (χ3v) is 5.71. The van der Waals surface area contributed by atoms with Gasteiger partial charge >= 0.3 is 0 Å². The van der Waals surface area contributed by atoms with Crippen LogP contribution in [0.4, 0.5) is 15.9 Å². The highest BCUT2D eigenvalue weighted by molar-refractivity contribution is 6.00. The number of pyridine rings is 2. The molecule has 8 nitrogen and oxygen atoms in total. The second kappa shape index (κ2) is 7.12. The van der Waals surface area contributed by atoms with Crippen LogP contribution in [0.25, 0.3) is 21.9 Å². The Kier molecular flexibility index (Phi) is 4.39. The molecule has 1 aliphatic carbocycles. The molecule has 156 valence electrons. The largest absolute Gasteiger partial charge is 0.396 e. The summed E-state index contributed by atoms with van der Waals surface area (Å²) in [5.41, 5.74) is 8.82. The SMILES string of the molecule is Cc1ccncc1-c1cc2cc(NC(=O)C3CC3c3cn(C)nn3)ncc2c(N)c1F. The first kappa shape index (κ1) is 19.1. The smallest absolute Gasteiger partial charge is 0.229 e. The molecule has 0 aliphatic heterocycles. The Balaban J connectivity index is 1.44. The predicted molar refractivity (Wildman–Crippen MR) is 115 cm³/mol. The van der Waals surface area contributed by atoms with Gasteiger partial charge in [0, 0.05) is 60.2 Å². The van der Waals surface area contributed by atoms with Gasteiger partial charge in [0.15, 0.2) is 5.82 Å². The molecular weight excluding hydrogens is 397 g/mol. The fraction of sp³-hybridized carbons (Fsp3) is 0.227. The van der Waals surface area contributed by atoms with Gasteiger partial charge in [0.05, 0.1) is 11.4 Å². The summed E-state index contributed by atoms with van der Waals surface area (Å²) in [7, 11) is 1.79. The number of fused-ring (bicyclic) bond motifs is 1. The van der Waals surface area contributed by atoms with E-state index in [1.165, 1.54) is 6.20 Å². The van der Waals surface area contributed by atoms with Crippen molar-refractivity contribution in [3.05, 3.63) is 60.1 Å². The van der Waals surface area contributed by atoms with Crippen molar-refractivity contribution in [3.63, 3.8) is 0 Å². The molecule has 3 N–H and O–H groups in total. The van der Waals surface area contributed by atoms with Crippen molar-refractivity contribution in [2.75, 3.05) is 11.1 Å². The highest BCUT2D eigenvalue weighted by atomic mass is 19.1. The number of carbonyl (C=O) groups excluding carboxylic acids is 1. The highest BCUT2D eigenvalue weighted by Crippen LogP contribution is 2.47. The lowest BCUT2D eigenvalue weighted by molar-refractivity contribution is -0.117. The van der Waals surface area contributed by atoms with Crippen LogP contribution in [0.5, 0.6) is 0 Å². The predicted octanol–water partition coefficient (Wildman–Crippen LogP) is 3.20. The van der Waals surface area contributed by atoms with Gasteiger partial charge < -0.3 is 11.1 Å². The third-order valence-electron chi connectivity index (χ3n) is 5.71. The molecule has 1 fully saturated rings. The van der Waals surface area contributed by atoms with Crippen molar-refractivity contribution in [3.8, 4) is 11.1 Å². The molecule has 1 saturated carbocycles. The van der Waals surface area contributed by atoms with E-state index in [0.717, 1.165) is 17.7 Å². The van der Waals surface area contributed by atoms with E-state index >= 15 is 0 Å². The molecule has 0 bridgehead atoms. The summed E-state index contributed by atoms with van der Waals surface area (Å²) in [6.45, 7) is 1.89. The van der Waals surface area contributed by atoms with Gasteiger partial charge in [-0.25, -0.2) is 9.37 Å². The maximum Gasteiger partial charge on any atom is 0.229 e. The van der Waals surface area contributed by atoms with Crippen LogP contribution in [0.3, 0.4) is 0 Å². The van der Waals surface area contributed by atoms with E-state index in [-0.39, 0.29) is 23.4 Å². The molecule has 5 rings (SSSR count). The summed E-state index contributed by atoms with van der Waals surface area (Å²) in [5, 5.41) is 12.0. The zero-order chi connectivity index (χ0) is 21.7. The number of nitrogens with two attached hydrogens (primary N) is 1. The lowest BCUT2D eigenvalue weighted by Crippen LogP contribution is -2.15. The first-order valence-corrected chi connectivity index (χ1v) is 9.88. The van der Waals surface area contributed by atoms with Gasteiger partial charge in [0.25, 0.3) is 0 Å². The number of nitrogens with one attached hydrogen (secondary N) is 1. The van der Waals surface area contributed by atoms with Gasteiger partial charge in [-0.1, -0.05) is 5.21 Å². The zero-order valence-electron chi connectivity index (χ0n) is 17.0. The fourth-order valence-electron chi connectivity index (χ4n) is 3.87. The molecule has 1 amide bonds. The third kappa shape index (κ3) is 3.37. The molecule has 1 aliphatic rings. The van der Waals surface area contributed by atoms with Crippen LogP contribution in [0.2, 0.25) is 0 Å². The van der Waals surface area contributed by atoms with Crippen LogP contribution in [0.1, 0.15) is 23.6 Å². The summed E-state index contributed by atoms with van der Waals surface area (Å²) in [6.07, 6.45) is 7.30. The lowest BCUT2D eigenvalue weighted by atomic mass is 9.98.